The van der Waals surface area contributed by atoms with Gasteiger partial charge in [0, 0.05) is 12.2 Å². The molecule has 2 aromatic carbocycles. The molecule has 0 aliphatic carbocycles. The fraction of sp³-hybridized carbons (Fsp3) is 0.286. The molecule has 0 saturated carbocycles. The molecular formula is C21H25N5. The lowest BCUT2D eigenvalue weighted by molar-refractivity contribution is 0.590. The maximum Gasteiger partial charge on any atom is 0.244 e. The molecule has 2 N–H and O–H groups in total. The highest BCUT2D eigenvalue weighted by Gasteiger charge is 2.12. The number of nitrogens with one attached hydrogen (secondary N) is 2. The Kier molecular flexibility index (Phi) is 5.16. The van der Waals surface area contributed by atoms with Gasteiger partial charge in [-0.15, -0.1) is 5.10 Å². The van der Waals surface area contributed by atoms with Crippen LogP contribution in [0.25, 0.3) is 0 Å². The van der Waals surface area contributed by atoms with E-state index in [2.05, 4.69) is 102 Å². The van der Waals surface area contributed by atoms with E-state index in [1.165, 1.54) is 16.7 Å². The van der Waals surface area contributed by atoms with Gasteiger partial charge in [-0.05, 0) is 35.6 Å². The van der Waals surface area contributed by atoms with Crippen molar-refractivity contribution in [1.82, 2.24) is 15.2 Å². The summed E-state index contributed by atoms with van der Waals surface area (Å²) < 4.78 is 0. The SMILES string of the molecule is Cc1ccc(CNc2nncc(Nc3ccc(C(C)(C)C)cc3)n2)cc1. The van der Waals surface area contributed by atoms with Crippen molar-refractivity contribution in [3.8, 4) is 0 Å². The zero-order valence-corrected chi connectivity index (χ0v) is 15.7. The van der Waals surface area contributed by atoms with Crippen molar-refractivity contribution in [2.24, 2.45) is 0 Å². The molecule has 0 atom stereocenters. The topological polar surface area (TPSA) is 62.7 Å². The molecule has 134 valence electrons. The summed E-state index contributed by atoms with van der Waals surface area (Å²) in [6, 6.07) is 16.7. The Morgan fingerprint density at radius 2 is 1.62 bits per heavy atom. The highest BCUT2D eigenvalue weighted by molar-refractivity contribution is 5.56. The largest absolute Gasteiger partial charge is 0.349 e. The van der Waals surface area contributed by atoms with Crippen LogP contribution in [0.1, 0.15) is 37.5 Å². The van der Waals surface area contributed by atoms with Crippen LogP contribution in [0.2, 0.25) is 0 Å². The lowest BCUT2D eigenvalue weighted by atomic mass is 9.87. The fourth-order valence-electron chi connectivity index (χ4n) is 2.53. The van der Waals surface area contributed by atoms with E-state index >= 15 is 0 Å². The summed E-state index contributed by atoms with van der Waals surface area (Å²) in [5.41, 5.74) is 4.83. The average Bonchev–Trinajstić information content (AvgIpc) is 2.61. The number of nitrogens with zero attached hydrogens (tertiary/aromatic N) is 3. The molecule has 1 aromatic heterocycles. The number of benzene rings is 2. The van der Waals surface area contributed by atoms with Crippen molar-refractivity contribution in [2.45, 2.75) is 39.7 Å². The summed E-state index contributed by atoms with van der Waals surface area (Å²) >= 11 is 0. The second-order valence-corrected chi connectivity index (χ2v) is 7.46. The smallest absolute Gasteiger partial charge is 0.244 e. The van der Waals surface area contributed by atoms with E-state index in [0.717, 1.165) is 5.69 Å². The van der Waals surface area contributed by atoms with Crippen LogP contribution in [-0.4, -0.2) is 15.2 Å². The van der Waals surface area contributed by atoms with Crippen molar-refractivity contribution in [1.29, 1.82) is 0 Å². The average molecular weight is 347 g/mol. The molecule has 26 heavy (non-hydrogen) atoms. The number of aromatic nitrogens is 3. The first-order valence-electron chi connectivity index (χ1n) is 8.77. The molecule has 0 radical (unpaired) electrons. The Morgan fingerprint density at radius 3 is 2.27 bits per heavy atom. The lowest BCUT2D eigenvalue weighted by Crippen LogP contribution is -2.10. The zero-order valence-electron chi connectivity index (χ0n) is 15.7. The maximum atomic E-state index is 4.48. The Bertz CT molecular complexity index is 849. The van der Waals surface area contributed by atoms with Crippen LogP contribution in [0.5, 0.6) is 0 Å². The molecule has 1 heterocycles. The Labute approximate surface area is 154 Å². The first-order valence-corrected chi connectivity index (χ1v) is 8.77. The lowest BCUT2D eigenvalue weighted by Gasteiger charge is -2.19. The predicted octanol–water partition coefficient (Wildman–Crippen LogP) is 4.83. The number of aryl methyl sites for hydroxylation is 1. The molecule has 5 nitrogen and oxygen atoms in total. The summed E-state index contributed by atoms with van der Waals surface area (Å²) in [5.74, 6) is 1.16. The van der Waals surface area contributed by atoms with Crippen molar-refractivity contribution in [3.05, 3.63) is 71.4 Å². The van der Waals surface area contributed by atoms with Crippen molar-refractivity contribution < 1.29 is 0 Å². The molecule has 0 aliphatic rings. The third-order valence-corrected chi connectivity index (χ3v) is 4.15. The van der Waals surface area contributed by atoms with Crippen LogP contribution in [0.3, 0.4) is 0 Å². The van der Waals surface area contributed by atoms with Crippen LogP contribution in [0.4, 0.5) is 17.5 Å². The quantitative estimate of drug-likeness (QED) is 0.692. The van der Waals surface area contributed by atoms with E-state index in [1.807, 2.05) is 0 Å². The van der Waals surface area contributed by atoms with Gasteiger partial charge < -0.3 is 10.6 Å². The summed E-state index contributed by atoms with van der Waals surface area (Å²) in [6.07, 6.45) is 1.62. The molecule has 3 rings (SSSR count). The normalized spacial score (nSPS) is 11.2. The van der Waals surface area contributed by atoms with E-state index in [9.17, 15) is 0 Å². The van der Waals surface area contributed by atoms with Gasteiger partial charge in [-0.3, -0.25) is 0 Å². The van der Waals surface area contributed by atoms with E-state index in [0.29, 0.717) is 18.3 Å². The Balaban J connectivity index is 1.64. The standard InChI is InChI=1S/C21H25N5/c1-15-5-7-16(8-6-15)13-22-20-25-19(14-23-26-20)24-18-11-9-17(10-12-18)21(2,3)4/h5-12,14H,13H2,1-4H3,(H2,22,24,25,26). The van der Waals surface area contributed by atoms with Crippen LogP contribution in [0.15, 0.2) is 54.7 Å². The molecule has 0 spiro atoms. The van der Waals surface area contributed by atoms with Gasteiger partial charge in [-0.1, -0.05) is 62.7 Å². The minimum absolute atomic E-state index is 0.141. The minimum atomic E-state index is 0.141. The van der Waals surface area contributed by atoms with E-state index < -0.39 is 0 Å². The maximum absolute atomic E-state index is 4.48. The van der Waals surface area contributed by atoms with Crippen LogP contribution >= 0.6 is 0 Å². The van der Waals surface area contributed by atoms with Gasteiger partial charge in [-0.2, -0.15) is 10.1 Å². The molecule has 3 aromatic rings. The van der Waals surface area contributed by atoms with Crippen molar-refractivity contribution >= 4 is 17.5 Å². The molecule has 0 aliphatic heterocycles. The number of hydrogen-bond acceptors (Lipinski definition) is 5. The first-order chi connectivity index (χ1) is 12.4. The van der Waals surface area contributed by atoms with Gasteiger partial charge >= 0.3 is 0 Å². The second kappa shape index (κ2) is 7.52. The Morgan fingerprint density at radius 1 is 0.923 bits per heavy atom. The Hall–Kier alpha value is -2.95. The zero-order chi connectivity index (χ0) is 18.6. The van der Waals surface area contributed by atoms with Gasteiger partial charge in [0.15, 0.2) is 5.82 Å². The van der Waals surface area contributed by atoms with Gasteiger partial charge in [0.05, 0.1) is 6.20 Å². The van der Waals surface area contributed by atoms with Crippen molar-refractivity contribution in [3.63, 3.8) is 0 Å². The number of rotatable bonds is 5. The predicted molar refractivity (Wildman–Crippen MR) is 107 cm³/mol. The third kappa shape index (κ3) is 4.79. The van der Waals surface area contributed by atoms with Crippen LogP contribution in [0, 0.1) is 6.92 Å². The molecule has 0 fully saturated rings. The summed E-state index contributed by atoms with van der Waals surface area (Å²) in [7, 11) is 0. The summed E-state index contributed by atoms with van der Waals surface area (Å²) in [6.45, 7) is 9.35. The fourth-order valence-corrected chi connectivity index (χ4v) is 2.53. The molecular weight excluding hydrogens is 322 g/mol. The summed E-state index contributed by atoms with van der Waals surface area (Å²) in [4.78, 5) is 4.48. The number of hydrogen-bond donors (Lipinski definition) is 2. The molecule has 0 unspecified atom stereocenters. The highest BCUT2D eigenvalue weighted by Crippen LogP contribution is 2.24. The van der Waals surface area contributed by atoms with Gasteiger partial charge in [0.2, 0.25) is 5.95 Å². The van der Waals surface area contributed by atoms with E-state index in [1.54, 1.807) is 6.20 Å². The van der Waals surface area contributed by atoms with E-state index in [-0.39, 0.29) is 5.41 Å². The van der Waals surface area contributed by atoms with Gasteiger partial charge in [-0.25, -0.2) is 0 Å². The van der Waals surface area contributed by atoms with E-state index in [4.69, 9.17) is 0 Å². The van der Waals surface area contributed by atoms with Crippen molar-refractivity contribution in [2.75, 3.05) is 10.6 Å². The molecule has 5 heteroatoms. The van der Waals surface area contributed by atoms with Crippen LogP contribution < -0.4 is 10.6 Å². The minimum Gasteiger partial charge on any atom is -0.349 e. The monoisotopic (exact) mass is 347 g/mol. The van der Waals surface area contributed by atoms with Gasteiger partial charge in [0.1, 0.15) is 0 Å². The molecule has 0 saturated heterocycles. The second-order valence-electron chi connectivity index (χ2n) is 7.46. The first kappa shape index (κ1) is 17.9. The molecule has 0 bridgehead atoms. The number of anilines is 3. The third-order valence-electron chi connectivity index (χ3n) is 4.15. The van der Waals surface area contributed by atoms with Crippen LogP contribution in [-0.2, 0) is 12.0 Å². The summed E-state index contributed by atoms with van der Waals surface area (Å²) in [5, 5.41) is 14.6. The highest BCUT2D eigenvalue weighted by atomic mass is 15.3. The molecule has 0 amide bonds. The van der Waals surface area contributed by atoms with Gasteiger partial charge in [0.25, 0.3) is 0 Å².